The Morgan fingerprint density at radius 3 is 2.33 bits per heavy atom. The normalized spacial score (nSPS) is 12.6. The van der Waals surface area contributed by atoms with Crippen LogP contribution in [0.2, 0.25) is 10.0 Å². The summed E-state index contributed by atoms with van der Waals surface area (Å²) in [5.74, 6) is 0.00377. The number of hydrogen-bond donors (Lipinski definition) is 1. The molecule has 0 fully saturated rings. The Kier molecular flexibility index (Phi) is 5.93. The van der Waals surface area contributed by atoms with Gasteiger partial charge in [0.1, 0.15) is 6.04 Å². The number of carbonyl (C=O) groups is 1. The van der Waals surface area contributed by atoms with E-state index in [-0.39, 0.29) is 0 Å². The predicted molar refractivity (Wildman–Crippen MR) is 74.1 cm³/mol. The number of hydrogen-bond acceptors (Lipinski definition) is 3. The quantitative estimate of drug-likeness (QED) is 0.844. The Bertz CT molecular complexity index is 401. The van der Waals surface area contributed by atoms with Gasteiger partial charge in [-0.15, -0.1) is 0 Å². The van der Waals surface area contributed by atoms with Gasteiger partial charge in [0.15, 0.2) is 0 Å². The van der Waals surface area contributed by atoms with Crippen LogP contribution in [0.3, 0.4) is 0 Å². The zero-order valence-electron chi connectivity index (χ0n) is 10.7. The van der Waals surface area contributed by atoms with Crippen LogP contribution in [-0.2, 0) is 9.53 Å². The maximum atomic E-state index is 11.8. The SMILES string of the molecule is COC(=O)C(NCC(C)C)c1c(Cl)cccc1Cl. The van der Waals surface area contributed by atoms with Gasteiger partial charge in [-0.05, 0) is 24.6 Å². The third-order valence-electron chi connectivity index (χ3n) is 2.46. The second kappa shape index (κ2) is 6.98. The molecular weight excluding hydrogens is 273 g/mol. The van der Waals surface area contributed by atoms with Crippen LogP contribution in [-0.4, -0.2) is 19.6 Å². The number of ether oxygens (including phenoxy) is 1. The molecule has 1 atom stereocenters. The van der Waals surface area contributed by atoms with Gasteiger partial charge in [-0.2, -0.15) is 0 Å². The Morgan fingerprint density at radius 1 is 1.33 bits per heavy atom. The predicted octanol–water partition coefficient (Wildman–Crippen LogP) is 3.45. The molecule has 1 aromatic carbocycles. The maximum Gasteiger partial charge on any atom is 0.327 e. The van der Waals surface area contributed by atoms with E-state index in [2.05, 4.69) is 19.2 Å². The van der Waals surface area contributed by atoms with Gasteiger partial charge in [-0.25, -0.2) is 4.79 Å². The third-order valence-corrected chi connectivity index (χ3v) is 3.11. The van der Waals surface area contributed by atoms with E-state index in [9.17, 15) is 4.79 Å². The summed E-state index contributed by atoms with van der Waals surface area (Å²) in [6.45, 7) is 4.77. The van der Waals surface area contributed by atoms with Crippen molar-refractivity contribution in [2.45, 2.75) is 19.9 Å². The van der Waals surface area contributed by atoms with Gasteiger partial charge >= 0.3 is 5.97 Å². The minimum atomic E-state index is -0.640. The molecule has 0 saturated heterocycles. The number of nitrogens with one attached hydrogen (secondary N) is 1. The van der Waals surface area contributed by atoms with E-state index in [1.54, 1.807) is 18.2 Å². The van der Waals surface area contributed by atoms with E-state index in [1.165, 1.54) is 7.11 Å². The molecule has 100 valence electrons. The molecule has 3 nitrogen and oxygen atoms in total. The molecule has 0 aliphatic rings. The van der Waals surface area contributed by atoms with Gasteiger partial charge in [0.25, 0.3) is 0 Å². The summed E-state index contributed by atoms with van der Waals surface area (Å²) < 4.78 is 4.79. The molecule has 0 amide bonds. The zero-order chi connectivity index (χ0) is 13.7. The van der Waals surface area contributed by atoms with Gasteiger partial charge in [0.2, 0.25) is 0 Å². The minimum Gasteiger partial charge on any atom is -0.468 e. The molecule has 0 aromatic heterocycles. The van der Waals surface area contributed by atoms with E-state index in [4.69, 9.17) is 27.9 Å². The van der Waals surface area contributed by atoms with Crippen molar-refractivity contribution >= 4 is 29.2 Å². The second-order valence-corrected chi connectivity index (χ2v) is 5.21. The molecule has 0 bridgehead atoms. The highest BCUT2D eigenvalue weighted by atomic mass is 35.5. The third kappa shape index (κ3) is 3.87. The van der Waals surface area contributed by atoms with E-state index < -0.39 is 12.0 Å². The maximum absolute atomic E-state index is 11.8. The van der Waals surface area contributed by atoms with Crippen molar-refractivity contribution in [2.75, 3.05) is 13.7 Å². The number of methoxy groups -OCH3 is 1. The van der Waals surface area contributed by atoms with Crippen LogP contribution < -0.4 is 5.32 Å². The Morgan fingerprint density at radius 2 is 1.89 bits per heavy atom. The molecule has 0 aliphatic heterocycles. The fraction of sp³-hybridized carbons (Fsp3) is 0.462. The second-order valence-electron chi connectivity index (χ2n) is 4.39. The lowest BCUT2D eigenvalue weighted by Gasteiger charge is -2.20. The van der Waals surface area contributed by atoms with Crippen LogP contribution in [0.25, 0.3) is 0 Å². The molecule has 0 spiro atoms. The molecule has 0 radical (unpaired) electrons. The molecule has 0 heterocycles. The van der Waals surface area contributed by atoms with Crippen molar-refractivity contribution in [3.05, 3.63) is 33.8 Å². The molecular formula is C13H17Cl2NO2. The summed E-state index contributed by atoms with van der Waals surface area (Å²) in [5, 5.41) is 4.03. The molecule has 1 unspecified atom stereocenters. The first kappa shape index (κ1) is 15.3. The van der Waals surface area contributed by atoms with Crippen molar-refractivity contribution in [2.24, 2.45) is 5.92 Å². The Hall–Kier alpha value is -0.770. The Labute approximate surface area is 117 Å². The summed E-state index contributed by atoms with van der Waals surface area (Å²) in [4.78, 5) is 11.8. The van der Waals surface area contributed by atoms with Crippen LogP contribution in [0, 0.1) is 5.92 Å². The van der Waals surface area contributed by atoms with Gasteiger partial charge in [-0.3, -0.25) is 0 Å². The highest BCUT2D eigenvalue weighted by molar-refractivity contribution is 6.36. The number of benzene rings is 1. The van der Waals surface area contributed by atoms with Crippen molar-refractivity contribution in [1.29, 1.82) is 0 Å². The van der Waals surface area contributed by atoms with Gasteiger partial charge < -0.3 is 10.1 Å². The molecule has 1 N–H and O–H groups in total. The van der Waals surface area contributed by atoms with E-state index in [0.717, 1.165) is 0 Å². The molecule has 1 aromatic rings. The number of halogens is 2. The molecule has 1 rings (SSSR count). The molecule has 5 heteroatoms. The highest BCUT2D eigenvalue weighted by Crippen LogP contribution is 2.31. The fourth-order valence-electron chi connectivity index (χ4n) is 1.56. The van der Waals surface area contributed by atoms with Gasteiger partial charge in [-0.1, -0.05) is 43.1 Å². The number of esters is 1. The summed E-state index contributed by atoms with van der Waals surface area (Å²) in [7, 11) is 1.34. The van der Waals surface area contributed by atoms with E-state index in [0.29, 0.717) is 28.1 Å². The van der Waals surface area contributed by atoms with Crippen molar-refractivity contribution in [3.8, 4) is 0 Å². The van der Waals surface area contributed by atoms with E-state index in [1.807, 2.05) is 0 Å². The first-order valence-corrected chi connectivity index (χ1v) is 6.48. The lowest BCUT2D eigenvalue weighted by Crippen LogP contribution is -2.32. The van der Waals surface area contributed by atoms with Crippen LogP contribution in [0.15, 0.2) is 18.2 Å². The number of carbonyl (C=O) groups excluding carboxylic acids is 1. The van der Waals surface area contributed by atoms with Crippen LogP contribution >= 0.6 is 23.2 Å². The van der Waals surface area contributed by atoms with Crippen LogP contribution in [0.5, 0.6) is 0 Å². The largest absolute Gasteiger partial charge is 0.468 e. The average molecular weight is 290 g/mol. The lowest BCUT2D eigenvalue weighted by atomic mass is 10.1. The topological polar surface area (TPSA) is 38.3 Å². The van der Waals surface area contributed by atoms with Crippen LogP contribution in [0.1, 0.15) is 25.5 Å². The summed E-state index contributed by atoms with van der Waals surface area (Å²) in [6, 6.07) is 4.51. The van der Waals surface area contributed by atoms with E-state index >= 15 is 0 Å². The highest BCUT2D eigenvalue weighted by Gasteiger charge is 2.25. The number of rotatable bonds is 5. The van der Waals surface area contributed by atoms with Gasteiger partial charge in [0, 0.05) is 15.6 Å². The van der Waals surface area contributed by atoms with Gasteiger partial charge in [0.05, 0.1) is 7.11 Å². The molecule has 0 saturated carbocycles. The summed E-state index contributed by atoms with van der Waals surface area (Å²) in [6.07, 6.45) is 0. The summed E-state index contributed by atoms with van der Waals surface area (Å²) in [5.41, 5.74) is 0.563. The first-order chi connectivity index (χ1) is 8.47. The standard InChI is InChI=1S/C13H17Cl2NO2/c1-8(2)7-16-12(13(17)18-3)11-9(14)5-4-6-10(11)15/h4-6,8,12,16H,7H2,1-3H3. The van der Waals surface area contributed by atoms with Crippen molar-refractivity contribution in [3.63, 3.8) is 0 Å². The minimum absolute atomic E-state index is 0.398. The lowest BCUT2D eigenvalue weighted by molar-refractivity contribution is -0.143. The molecule has 18 heavy (non-hydrogen) atoms. The smallest absolute Gasteiger partial charge is 0.327 e. The zero-order valence-corrected chi connectivity index (χ0v) is 12.2. The first-order valence-electron chi connectivity index (χ1n) is 5.72. The Balaban J connectivity index is 3.05. The average Bonchev–Trinajstić information content (AvgIpc) is 2.31. The summed E-state index contributed by atoms with van der Waals surface area (Å²) >= 11 is 12.2. The fourth-order valence-corrected chi connectivity index (χ4v) is 2.18. The van der Waals surface area contributed by atoms with Crippen LogP contribution in [0.4, 0.5) is 0 Å². The molecule has 0 aliphatic carbocycles. The van der Waals surface area contributed by atoms with Crippen molar-refractivity contribution < 1.29 is 9.53 Å². The van der Waals surface area contributed by atoms with Crippen molar-refractivity contribution in [1.82, 2.24) is 5.32 Å². The monoisotopic (exact) mass is 289 g/mol.